The highest BCUT2D eigenvalue weighted by Gasteiger charge is 2.67. The number of amides is 1. The van der Waals surface area contributed by atoms with Crippen molar-refractivity contribution in [3.63, 3.8) is 0 Å². The Hall–Kier alpha value is -0.570. The molecule has 0 saturated heterocycles. The Labute approximate surface area is 122 Å². The van der Waals surface area contributed by atoms with Crippen LogP contribution in [0.2, 0.25) is 0 Å². The van der Waals surface area contributed by atoms with Gasteiger partial charge in [-0.05, 0) is 75.2 Å². The number of hydrogen-bond donors (Lipinski definition) is 2. The van der Waals surface area contributed by atoms with E-state index in [2.05, 4.69) is 17.6 Å². The van der Waals surface area contributed by atoms with Gasteiger partial charge in [0.25, 0.3) is 0 Å². The molecule has 0 aliphatic heterocycles. The van der Waals surface area contributed by atoms with Crippen LogP contribution >= 0.6 is 0 Å². The first kappa shape index (κ1) is 13.1. The average Bonchev–Trinajstić information content (AvgIpc) is 2.90. The third-order valence-electron chi connectivity index (χ3n) is 6.60. The molecule has 2 bridgehead atoms. The molecule has 0 spiro atoms. The first-order valence-electron chi connectivity index (χ1n) is 8.81. The van der Waals surface area contributed by atoms with Crippen LogP contribution in [0.15, 0.2) is 0 Å². The lowest BCUT2D eigenvalue weighted by Gasteiger charge is -2.29. The Balaban J connectivity index is 1.26. The SMILES string of the molecule is CCNC1CCC(NC(=O)C2C3C4CCC(C4)C23)CC1. The van der Waals surface area contributed by atoms with Gasteiger partial charge in [0.15, 0.2) is 0 Å². The van der Waals surface area contributed by atoms with Crippen LogP contribution in [-0.2, 0) is 4.79 Å². The van der Waals surface area contributed by atoms with E-state index in [1.165, 1.54) is 32.1 Å². The first-order valence-corrected chi connectivity index (χ1v) is 8.81. The minimum absolute atomic E-state index is 0.406. The lowest BCUT2D eigenvalue weighted by Crippen LogP contribution is -2.43. The van der Waals surface area contributed by atoms with E-state index in [0.717, 1.165) is 43.1 Å². The summed E-state index contributed by atoms with van der Waals surface area (Å²) in [6.07, 6.45) is 9.03. The molecule has 4 atom stereocenters. The van der Waals surface area contributed by atoms with Crippen molar-refractivity contribution in [3.05, 3.63) is 0 Å². The van der Waals surface area contributed by atoms with E-state index >= 15 is 0 Å². The van der Waals surface area contributed by atoms with E-state index in [4.69, 9.17) is 0 Å². The van der Waals surface area contributed by atoms with Crippen LogP contribution in [0.25, 0.3) is 0 Å². The summed E-state index contributed by atoms with van der Waals surface area (Å²) in [5, 5.41) is 6.91. The molecule has 3 nitrogen and oxygen atoms in total. The van der Waals surface area contributed by atoms with E-state index in [9.17, 15) is 4.79 Å². The molecule has 0 aromatic heterocycles. The third-order valence-corrected chi connectivity index (χ3v) is 6.60. The van der Waals surface area contributed by atoms with Crippen LogP contribution in [0.5, 0.6) is 0 Å². The number of hydrogen-bond acceptors (Lipinski definition) is 2. The zero-order valence-electron chi connectivity index (χ0n) is 12.6. The fourth-order valence-electron chi connectivity index (χ4n) is 5.70. The van der Waals surface area contributed by atoms with Crippen LogP contribution in [0.3, 0.4) is 0 Å². The van der Waals surface area contributed by atoms with Crippen molar-refractivity contribution in [3.8, 4) is 0 Å². The van der Waals surface area contributed by atoms with Gasteiger partial charge in [-0.25, -0.2) is 0 Å². The molecule has 4 aliphatic carbocycles. The van der Waals surface area contributed by atoms with Crippen LogP contribution < -0.4 is 10.6 Å². The fourth-order valence-corrected chi connectivity index (χ4v) is 5.70. The quantitative estimate of drug-likeness (QED) is 0.827. The minimum Gasteiger partial charge on any atom is -0.353 e. The second kappa shape index (κ2) is 5.01. The van der Waals surface area contributed by atoms with Gasteiger partial charge in [0.05, 0.1) is 0 Å². The van der Waals surface area contributed by atoms with Crippen molar-refractivity contribution < 1.29 is 4.79 Å². The zero-order chi connectivity index (χ0) is 13.7. The summed E-state index contributed by atoms with van der Waals surface area (Å²) in [6.45, 7) is 3.24. The summed E-state index contributed by atoms with van der Waals surface area (Å²) in [5.41, 5.74) is 0. The summed E-state index contributed by atoms with van der Waals surface area (Å²) in [4.78, 5) is 12.5. The Kier molecular flexibility index (Phi) is 3.29. The molecular weight excluding hydrogens is 248 g/mol. The fraction of sp³-hybridized carbons (Fsp3) is 0.941. The molecule has 4 unspecified atom stereocenters. The molecule has 0 aromatic rings. The predicted octanol–water partition coefficient (Wildman–Crippen LogP) is 2.32. The number of fused-ring (bicyclic) bond motifs is 5. The van der Waals surface area contributed by atoms with E-state index in [1.807, 2.05) is 0 Å². The Morgan fingerprint density at radius 2 is 1.55 bits per heavy atom. The highest BCUT2D eigenvalue weighted by Crippen LogP contribution is 2.69. The van der Waals surface area contributed by atoms with Gasteiger partial charge in [-0.1, -0.05) is 6.92 Å². The summed E-state index contributed by atoms with van der Waals surface area (Å²) < 4.78 is 0. The van der Waals surface area contributed by atoms with Crippen LogP contribution in [-0.4, -0.2) is 24.5 Å². The summed E-state index contributed by atoms with van der Waals surface area (Å²) in [7, 11) is 0. The molecule has 4 rings (SSSR count). The van der Waals surface area contributed by atoms with Gasteiger partial charge in [-0.3, -0.25) is 4.79 Å². The third kappa shape index (κ3) is 2.09. The number of nitrogens with one attached hydrogen (secondary N) is 2. The first-order chi connectivity index (χ1) is 9.78. The van der Waals surface area contributed by atoms with E-state index in [1.54, 1.807) is 0 Å². The molecule has 20 heavy (non-hydrogen) atoms. The lowest BCUT2D eigenvalue weighted by molar-refractivity contribution is -0.124. The summed E-state index contributed by atoms with van der Waals surface area (Å²) >= 11 is 0. The van der Waals surface area contributed by atoms with Crippen molar-refractivity contribution in [1.82, 2.24) is 10.6 Å². The smallest absolute Gasteiger partial charge is 0.223 e. The Bertz CT molecular complexity index is 372. The van der Waals surface area contributed by atoms with Crippen LogP contribution in [0.1, 0.15) is 51.9 Å². The highest BCUT2D eigenvalue weighted by molar-refractivity contribution is 5.83. The molecule has 3 heteroatoms. The second-order valence-corrected chi connectivity index (χ2v) is 7.63. The molecule has 0 radical (unpaired) electrons. The van der Waals surface area contributed by atoms with Gasteiger partial charge < -0.3 is 10.6 Å². The Morgan fingerprint density at radius 1 is 0.950 bits per heavy atom. The lowest BCUT2D eigenvalue weighted by atomic mass is 9.91. The van der Waals surface area contributed by atoms with Gasteiger partial charge in [0.1, 0.15) is 0 Å². The van der Waals surface area contributed by atoms with Crippen molar-refractivity contribution >= 4 is 5.91 Å². The number of carbonyl (C=O) groups excluding carboxylic acids is 1. The van der Waals surface area contributed by atoms with Gasteiger partial charge in [0.2, 0.25) is 5.91 Å². The molecule has 0 heterocycles. The van der Waals surface area contributed by atoms with Crippen LogP contribution in [0.4, 0.5) is 0 Å². The second-order valence-electron chi connectivity index (χ2n) is 7.63. The summed E-state index contributed by atoms with van der Waals surface area (Å²) in [5.74, 6) is 4.20. The van der Waals surface area contributed by atoms with Crippen molar-refractivity contribution in [1.29, 1.82) is 0 Å². The molecular formula is C17H28N2O. The standard InChI is InChI=1S/C17H28N2O/c1-2-18-12-5-7-13(8-6-12)19-17(20)16-14-10-3-4-11(9-10)15(14)16/h10-16,18H,2-9H2,1H3,(H,19,20). The van der Waals surface area contributed by atoms with Crippen molar-refractivity contribution in [2.75, 3.05) is 6.54 Å². The maximum atomic E-state index is 12.5. The van der Waals surface area contributed by atoms with Gasteiger partial charge in [-0.2, -0.15) is 0 Å². The predicted molar refractivity (Wildman–Crippen MR) is 79.2 cm³/mol. The largest absolute Gasteiger partial charge is 0.353 e. The highest BCUT2D eigenvalue weighted by atomic mass is 16.2. The van der Waals surface area contributed by atoms with Crippen molar-refractivity contribution in [2.45, 2.75) is 64.0 Å². The molecule has 4 aliphatic rings. The average molecular weight is 276 g/mol. The van der Waals surface area contributed by atoms with Gasteiger partial charge in [-0.15, -0.1) is 0 Å². The minimum atomic E-state index is 0.406. The Morgan fingerprint density at radius 3 is 2.15 bits per heavy atom. The molecule has 112 valence electrons. The van der Waals surface area contributed by atoms with E-state index in [0.29, 0.717) is 23.9 Å². The molecule has 2 N–H and O–H groups in total. The maximum absolute atomic E-state index is 12.5. The normalized spacial score (nSPS) is 49.0. The van der Waals surface area contributed by atoms with Crippen molar-refractivity contribution in [2.24, 2.45) is 29.6 Å². The molecule has 1 amide bonds. The monoisotopic (exact) mass is 276 g/mol. The van der Waals surface area contributed by atoms with E-state index in [-0.39, 0.29) is 0 Å². The molecule has 4 fully saturated rings. The number of carbonyl (C=O) groups is 1. The van der Waals surface area contributed by atoms with Gasteiger partial charge in [0, 0.05) is 18.0 Å². The molecule has 4 saturated carbocycles. The van der Waals surface area contributed by atoms with E-state index < -0.39 is 0 Å². The number of rotatable bonds is 4. The van der Waals surface area contributed by atoms with Crippen LogP contribution in [0, 0.1) is 29.6 Å². The summed E-state index contributed by atoms with van der Waals surface area (Å²) in [6, 6.07) is 1.14. The molecule has 0 aromatic carbocycles. The maximum Gasteiger partial charge on any atom is 0.223 e. The zero-order valence-corrected chi connectivity index (χ0v) is 12.6. The topological polar surface area (TPSA) is 41.1 Å². The van der Waals surface area contributed by atoms with Gasteiger partial charge >= 0.3 is 0 Å².